The van der Waals surface area contributed by atoms with Gasteiger partial charge in [0, 0.05) is 6.54 Å². The van der Waals surface area contributed by atoms with Gasteiger partial charge < -0.3 is 10.0 Å². The number of likely N-dealkylation sites (N-methyl/N-ethyl adjacent to an activating group) is 1. The van der Waals surface area contributed by atoms with Gasteiger partial charge in [-0.05, 0) is 13.3 Å². The zero-order valence-electron chi connectivity index (χ0n) is 7.86. The van der Waals surface area contributed by atoms with Crippen molar-refractivity contribution in [3.8, 4) is 0 Å². The zero-order valence-corrected chi connectivity index (χ0v) is 9.57. The molecule has 5 heteroatoms. The molecular formula is C8H15NO2S2. The molecule has 0 aliphatic rings. The van der Waals surface area contributed by atoms with Gasteiger partial charge in [-0.2, -0.15) is 0 Å². The molecule has 0 fully saturated rings. The van der Waals surface area contributed by atoms with Crippen molar-refractivity contribution in [3.05, 3.63) is 0 Å². The predicted molar refractivity (Wildman–Crippen MR) is 60.3 cm³/mol. The van der Waals surface area contributed by atoms with Gasteiger partial charge in [0.2, 0.25) is 0 Å². The Morgan fingerprint density at radius 3 is 2.38 bits per heavy atom. The smallest absolute Gasteiger partial charge is 0.326 e. The van der Waals surface area contributed by atoms with E-state index in [0.29, 0.717) is 17.3 Å². The van der Waals surface area contributed by atoms with Crippen LogP contribution < -0.4 is 0 Å². The summed E-state index contributed by atoms with van der Waals surface area (Å²) in [5.41, 5.74) is 0. The molecule has 3 nitrogen and oxygen atoms in total. The first kappa shape index (κ1) is 12.7. The molecule has 0 aliphatic heterocycles. The summed E-state index contributed by atoms with van der Waals surface area (Å²) < 4.78 is 0.350. The van der Waals surface area contributed by atoms with Crippen molar-refractivity contribution in [2.24, 2.45) is 0 Å². The maximum Gasteiger partial charge on any atom is 0.326 e. The monoisotopic (exact) mass is 221 g/mol. The number of thiocarbonyl (C=S) groups is 1. The van der Waals surface area contributed by atoms with E-state index < -0.39 is 12.0 Å². The summed E-state index contributed by atoms with van der Waals surface area (Å²) in [6.45, 7) is 4.40. The fourth-order valence-electron chi connectivity index (χ4n) is 1.18. The van der Waals surface area contributed by atoms with E-state index in [1.54, 1.807) is 4.90 Å². The van der Waals surface area contributed by atoms with Crippen LogP contribution in [0.1, 0.15) is 26.7 Å². The molecule has 0 aromatic heterocycles. The quantitative estimate of drug-likeness (QED) is 0.548. The summed E-state index contributed by atoms with van der Waals surface area (Å²) in [7, 11) is 0. The highest BCUT2D eigenvalue weighted by molar-refractivity contribution is 8.10. The van der Waals surface area contributed by atoms with E-state index in [2.05, 4.69) is 12.6 Å². The first-order chi connectivity index (χ1) is 6.04. The third-order valence-corrected chi connectivity index (χ3v) is 2.30. The number of hydrogen-bond donors (Lipinski definition) is 2. The Kier molecular flexibility index (Phi) is 6.07. The first-order valence-electron chi connectivity index (χ1n) is 4.26. The van der Waals surface area contributed by atoms with Gasteiger partial charge in [-0.3, -0.25) is 0 Å². The molecule has 0 rings (SSSR count). The van der Waals surface area contributed by atoms with Crippen molar-refractivity contribution in [1.29, 1.82) is 0 Å². The summed E-state index contributed by atoms with van der Waals surface area (Å²) in [6, 6.07) is -0.528. The number of carboxylic acids is 1. The lowest BCUT2D eigenvalue weighted by Gasteiger charge is -2.27. The highest BCUT2D eigenvalue weighted by Gasteiger charge is 2.23. The predicted octanol–water partition coefficient (Wildman–Crippen LogP) is 1.78. The van der Waals surface area contributed by atoms with E-state index in [-0.39, 0.29) is 0 Å². The van der Waals surface area contributed by atoms with Crippen LogP contribution >= 0.6 is 24.8 Å². The lowest BCUT2D eigenvalue weighted by molar-refractivity contribution is -0.141. The summed E-state index contributed by atoms with van der Waals surface area (Å²) >= 11 is 8.85. The standard InChI is InChI=1S/C8H15NO2S2/c1-3-5-6(7(10)11)9(4-2)8(12)13/h6H,3-5H2,1-2H3,(H,10,11)(H,12,13). The van der Waals surface area contributed by atoms with Crippen LogP contribution in [-0.2, 0) is 4.79 Å². The molecule has 0 spiro atoms. The number of nitrogens with zero attached hydrogens (tertiary/aromatic N) is 1. The number of thiol groups is 1. The molecule has 0 saturated heterocycles. The van der Waals surface area contributed by atoms with E-state index in [0.717, 1.165) is 6.42 Å². The van der Waals surface area contributed by atoms with E-state index in [4.69, 9.17) is 17.3 Å². The summed E-state index contributed by atoms with van der Waals surface area (Å²) in [5, 5.41) is 8.92. The average Bonchev–Trinajstić information content (AvgIpc) is 2.03. The van der Waals surface area contributed by atoms with Crippen molar-refractivity contribution in [2.45, 2.75) is 32.7 Å². The van der Waals surface area contributed by atoms with Crippen LogP contribution in [0, 0.1) is 0 Å². The zero-order chi connectivity index (χ0) is 10.4. The maximum atomic E-state index is 10.9. The fraction of sp³-hybridized carbons (Fsp3) is 0.750. The molecule has 1 unspecified atom stereocenters. The third kappa shape index (κ3) is 3.95. The van der Waals surface area contributed by atoms with E-state index in [1.165, 1.54) is 0 Å². The largest absolute Gasteiger partial charge is 0.480 e. The van der Waals surface area contributed by atoms with Gasteiger partial charge in [0.1, 0.15) is 10.4 Å². The van der Waals surface area contributed by atoms with Gasteiger partial charge >= 0.3 is 5.97 Å². The summed E-state index contributed by atoms with van der Waals surface area (Å²) in [4.78, 5) is 12.5. The van der Waals surface area contributed by atoms with Gasteiger partial charge in [0.05, 0.1) is 0 Å². The van der Waals surface area contributed by atoms with Crippen molar-refractivity contribution in [3.63, 3.8) is 0 Å². The number of aliphatic carboxylic acids is 1. The molecule has 1 N–H and O–H groups in total. The second kappa shape index (κ2) is 6.21. The molecule has 0 heterocycles. The van der Waals surface area contributed by atoms with Crippen LogP contribution in [0.3, 0.4) is 0 Å². The van der Waals surface area contributed by atoms with Crippen LogP contribution in [0.15, 0.2) is 0 Å². The molecule has 76 valence electrons. The van der Waals surface area contributed by atoms with Crippen LogP contribution in [-0.4, -0.2) is 32.9 Å². The van der Waals surface area contributed by atoms with Crippen LogP contribution in [0.5, 0.6) is 0 Å². The molecule has 0 amide bonds. The van der Waals surface area contributed by atoms with Gasteiger partial charge in [-0.15, -0.1) is 12.6 Å². The number of rotatable bonds is 5. The highest BCUT2D eigenvalue weighted by Crippen LogP contribution is 2.10. The van der Waals surface area contributed by atoms with E-state index >= 15 is 0 Å². The Balaban J connectivity index is 4.48. The van der Waals surface area contributed by atoms with Crippen molar-refractivity contribution in [2.75, 3.05) is 6.54 Å². The number of carboxylic acid groups (broad SMARTS) is 1. The SMILES string of the molecule is CCCC(C(=O)O)N(CC)C(=S)S. The second-order valence-corrected chi connectivity index (χ2v) is 3.82. The Bertz CT molecular complexity index is 197. The maximum absolute atomic E-state index is 10.9. The van der Waals surface area contributed by atoms with Crippen molar-refractivity contribution < 1.29 is 9.90 Å². The highest BCUT2D eigenvalue weighted by atomic mass is 32.1. The number of carbonyl (C=O) groups is 1. The van der Waals surface area contributed by atoms with E-state index in [9.17, 15) is 4.79 Å². The second-order valence-electron chi connectivity index (χ2n) is 2.71. The van der Waals surface area contributed by atoms with Gasteiger partial charge in [-0.1, -0.05) is 25.6 Å². The minimum Gasteiger partial charge on any atom is -0.480 e. The van der Waals surface area contributed by atoms with Crippen molar-refractivity contribution in [1.82, 2.24) is 4.90 Å². The minimum atomic E-state index is -0.833. The molecule has 0 aliphatic carbocycles. The third-order valence-electron chi connectivity index (χ3n) is 1.81. The molecule has 0 bridgehead atoms. The first-order valence-corrected chi connectivity index (χ1v) is 5.12. The Hall–Kier alpha value is -0.290. The Labute approximate surface area is 89.5 Å². The van der Waals surface area contributed by atoms with Gasteiger partial charge in [0.15, 0.2) is 0 Å². The summed E-state index contributed by atoms with van der Waals surface area (Å²) in [5.74, 6) is -0.833. The summed E-state index contributed by atoms with van der Waals surface area (Å²) in [6.07, 6.45) is 1.42. The topological polar surface area (TPSA) is 40.5 Å². The normalized spacial score (nSPS) is 12.2. The molecule has 0 radical (unpaired) electrons. The lowest BCUT2D eigenvalue weighted by atomic mass is 10.1. The molecule has 1 atom stereocenters. The molecule has 13 heavy (non-hydrogen) atoms. The van der Waals surface area contributed by atoms with Crippen LogP contribution in [0.2, 0.25) is 0 Å². The number of hydrogen-bond acceptors (Lipinski definition) is 2. The molecule has 0 saturated carbocycles. The van der Waals surface area contributed by atoms with E-state index in [1.807, 2.05) is 13.8 Å². The van der Waals surface area contributed by atoms with Crippen LogP contribution in [0.4, 0.5) is 0 Å². The van der Waals surface area contributed by atoms with Gasteiger partial charge in [0.25, 0.3) is 0 Å². The Morgan fingerprint density at radius 2 is 2.15 bits per heavy atom. The van der Waals surface area contributed by atoms with Gasteiger partial charge in [-0.25, -0.2) is 4.79 Å². The molecule has 0 aromatic carbocycles. The fourth-order valence-corrected chi connectivity index (χ4v) is 1.71. The van der Waals surface area contributed by atoms with Crippen molar-refractivity contribution >= 4 is 35.1 Å². The lowest BCUT2D eigenvalue weighted by Crippen LogP contribution is -2.42. The van der Waals surface area contributed by atoms with Crippen LogP contribution in [0.25, 0.3) is 0 Å². The molecular weight excluding hydrogens is 206 g/mol. The molecule has 0 aromatic rings. The Morgan fingerprint density at radius 1 is 1.62 bits per heavy atom. The average molecular weight is 221 g/mol. The minimum absolute atomic E-state index is 0.350.